The zero-order chi connectivity index (χ0) is 16.7. The summed E-state index contributed by atoms with van der Waals surface area (Å²) >= 11 is 0. The van der Waals surface area contributed by atoms with Crippen LogP contribution in [0.4, 0.5) is 10.2 Å². The first-order valence-corrected chi connectivity index (χ1v) is 8.23. The maximum Gasteiger partial charge on any atom is 0.308 e. The normalized spacial score (nSPS) is 20.4. The SMILES string of the molecule is O=C(O)[C@H]1CCN(c2cc(-c3ccc(F)cc3)nc(C3CC3)n2)C1. The van der Waals surface area contributed by atoms with Crippen molar-refractivity contribution in [3.8, 4) is 11.3 Å². The van der Waals surface area contributed by atoms with Crippen LogP contribution in [0.1, 0.15) is 31.0 Å². The number of aliphatic carboxylic acids is 1. The lowest BCUT2D eigenvalue weighted by atomic mass is 10.1. The Balaban J connectivity index is 1.69. The van der Waals surface area contributed by atoms with Crippen molar-refractivity contribution in [1.82, 2.24) is 9.97 Å². The molecule has 4 rings (SSSR count). The van der Waals surface area contributed by atoms with Crippen LogP contribution in [0.15, 0.2) is 30.3 Å². The Bertz CT molecular complexity index is 774. The summed E-state index contributed by atoms with van der Waals surface area (Å²) in [6.07, 6.45) is 2.80. The standard InChI is InChI=1S/C18H18FN3O2/c19-14-5-3-11(4-6-14)15-9-16(21-17(20-15)12-1-2-12)22-8-7-13(10-22)18(23)24/h3-6,9,12-13H,1-2,7-8,10H2,(H,23,24)/t13-/m0/s1. The topological polar surface area (TPSA) is 66.3 Å². The summed E-state index contributed by atoms with van der Waals surface area (Å²) in [6, 6.07) is 8.14. The molecular weight excluding hydrogens is 309 g/mol. The van der Waals surface area contributed by atoms with E-state index in [1.807, 2.05) is 11.0 Å². The highest BCUT2D eigenvalue weighted by Gasteiger charge is 2.31. The van der Waals surface area contributed by atoms with Gasteiger partial charge in [0.1, 0.15) is 17.5 Å². The lowest BCUT2D eigenvalue weighted by Gasteiger charge is -2.18. The minimum absolute atomic E-state index is 0.278. The number of halogens is 1. The van der Waals surface area contributed by atoms with E-state index in [0.717, 1.165) is 35.7 Å². The maximum atomic E-state index is 13.2. The van der Waals surface area contributed by atoms with E-state index in [-0.39, 0.29) is 11.7 Å². The van der Waals surface area contributed by atoms with Gasteiger partial charge in [-0.15, -0.1) is 0 Å². The first-order valence-electron chi connectivity index (χ1n) is 8.23. The molecule has 0 radical (unpaired) electrons. The molecule has 5 nitrogen and oxygen atoms in total. The molecule has 1 saturated heterocycles. The third-order valence-electron chi connectivity index (χ3n) is 4.67. The minimum atomic E-state index is -0.757. The number of benzene rings is 1. The van der Waals surface area contributed by atoms with Crippen LogP contribution in [0.25, 0.3) is 11.3 Å². The Hall–Kier alpha value is -2.50. The molecule has 0 amide bonds. The number of carboxylic acid groups (broad SMARTS) is 1. The molecule has 2 aliphatic rings. The summed E-state index contributed by atoms with van der Waals surface area (Å²) in [5.74, 6) is 0.591. The van der Waals surface area contributed by atoms with Crippen molar-refractivity contribution in [3.05, 3.63) is 42.0 Å². The Labute approximate surface area is 139 Å². The molecule has 24 heavy (non-hydrogen) atoms. The molecule has 1 atom stereocenters. The van der Waals surface area contributed by atoms with Gasteiger partial charge in [-0.25, -0.2) is 14.4 Å². The number of hydrogen-bond donors (Lipinski definition) is 1. The summed E-state index contributed by atoms with van der Waals surface area (Å²) in [5, 5.41) is 9.19. The Morgan fingerprint density at radius 1 is 1.17 bits per heavy atom. The highest BCUT2D eigenvalue weighted by molar-refractivity contribution is 5.72. The van der Waals surface area contributed by atoms with E-state index < -0.39 is 5.97 Å². The first-order chi connectivity index (χ1) is 11.6. The lowest BCUT2D eigenvalue weighted by molar-refractivity contribution is -0.140. The van der Waals surface area contributed by atoms with Gasteiger partial charge < -0.3 is 10.0 Å². The Kier molecular flexibility index (Phi) is 3.67. The molecule has 2 heterocycles. The van der Waals surface area contributed by atoms with Gasteiger partial charge in [-0.2, -0.15) is 0 Å². The van der Waals surface area contributed by atoms with Crippen LogP contribution in [-0.4, -0.2) is 34.1 Å². The Morgan fingerprint density at radius 2 is 1.92 bits per heavy atom. The van der Waals surface area contributed by atoms with Gasteiger partial charge in [0, 0.05) is 30.6 Å². The van der Waals surface area contributed by atoms with Gasteiger partial charge in [-0.05, 0) is 43.5 Å². The average Bonchev–Trinajstić information content (AvgIpc) is 3.31. The quantitative estimate of drug-likeness (QED) is 0.935. The predicted octanol–water partition coefficient (Wildman–Crippen LogP) is 3.07. The molecule has 1 aromatic heterocycles. The monoisotopic (exact) mass is 327 g/mol. The van der Waals surface area contributed by atoms with E-state index >= 15 is 0 Å². The first kappa shape index (κ1) is 15.1. The number of anilines is 1. The zero-order valence-electron chi connectivity index (χ0n) is 13.2. The average molecular weight is 327 g/mol. The lowest BCUT2D eigenvalue weighted by Crippen LogP contribution is -2.24. The largest absolute Gasteiger partial charge is 0.481 e. The summed E-state index contributed by atoms with van der Waals surface area (Å²) in [7, 11) is 0. The number of hydrogen-bond acceptors (Lipinski definition) is 4. The van der Waals surface area contributed by atoms with Gasteiger partial charge in [-0.3, -0.25) is 4.79 Å². The van der Waals surface area contributed by atoms with E-state index in [2.05, 4.69) is 9.97 Å². The Morgan fingerprint density at radius 3 is 2.54 bits per heavy atom. The van der Waals surface area contributed by atoms with Crippen molar-refractivity contribution in [2.75, 3.05) is 18.0 Å². The molecule has 0 bridgehead atoms. The predicted molar refractivity (Wildman–Crippen MR) is 87.4 cm³/mol. The number of carbonyl (C=O) groups is 1. The van der Waals surface area contributed by atoms with Crippen LogP contribution in [0.5, 0.6) is 0 Å². The summed E-state index contributed by atoms with van der Waals surface area (Å²) in [6.45, 7) is 1.15. The summed E-state index contributed by atoms with van der Waals surface area (Å²) in [4.78, 5) is 22.5. The molecule has 1 N–H and O–H groups in total. The fourth-order valence-corrected chi connectivity index (χ4v) is 3.08. The van der Waals surface area contributed by atoms with Crippen molar-refractivity contribution in [2.24, 2.45) is 5.92 Å². The molecule has 1 aliphatic heterocycles. The fraction of sp³-hybridized carbons (Fsp3) is 0.389. The van der Waals surface area contributed by atoms with Crippen LogP contribution in [-0.2, 0) is 4.79 Å². The molecule has 0 spiro atoms. The van der Waals surface area contributed by atoms with Crippen molar-refractivity contribution < 1.29 is 14.3 Å². The number of nitrogens with zero attached hydrogens (tertiary/aromatic N) is 3. The van der Waals surface area contributed by atoms with Crippen LogP contribution in [0, 0.1) is 11.7 Å². The van der Waals surface area contributed by atoms with Crippen molar-refractivity contribution in [2.45, 2.75) is 25.2 Å². The molecule has 6 heteroatoms. The highest BCUT2D eigenvalue weighted by Crippen LogP contribution is 2.40. The third kappa shape index (κ3) is 2.96. The molecule has 1 aliphatic carbocycles. The number of rotatable bonds is 4. The molecule has 0 unspecified atom stereocenters. The van der Waals surface area contributed by atoms with Crippen LogP contribution in [0.2, 0.25) is 0 Å². The van der Waals surface area contributed by atoms with E-state index in [0.29, 0.717) is 25.4 Å². The van der Waals surface area contributed by atoms with E-state index in [9.17, 15) is 14.3 Å². The van der Waals surface area contributed by atoms with E-state index in [1.165, 1.54) is 12.1 Å². The highest BCUT2D eigenvalue weighted by atomic mass is 19.1. The molecule has 1 aromatic carbocycles. The van der Waals surface area contributed by atoms with Gasteiger partial charge in [0.05, 0.1) is 11.6 Å². The van der Waals surface area contributed by atoms with E-state index in [1.54, 1.807) is 12.1 Å². The molecule has 2 aromatic rings. The number of aromatic nitrogens is 2. The summed E-state index contributed by atoms with van der Waals surface area (Å²) in [5.41, 5.74) is 1.61. The second-order valence-corrected chi connectivity index (χ2v) is 6.52. The third-order valence-corrected chi connectivity index (χ3v) is 4.67. The van der Waals surface area contributed by atoms with Gasteiger partial charge in [0.2, 0.25) is 0 Å². The molecular formula is C18H18FN3O2. The molecule has 2 fully saturated rings. The smallest absolute Gasteiger partial charge is 0.308 e. The second-order valence-electron chi connectivity index (χ2n) is 6.52. The van der Waals surface area contributed by atoms with Crippen molar-refractivity contribution >= 4 is 11.8 Å². The summed E-state index contributed by atoms with van der Waals surface area (Å²) < 4.78 is 13.2. The minimum Gasteiger partial charge on any atom is -0.481 e. The van der Waals surface area contributed by atoms with E-state index in [4.69, 9.17) is 0 Å². The maximum absolute atomic E-state index is 13.2. The van der Waals surface area contributed by atoms with Gasteiger partial charge in [-0.1, -0.05) is 0 Å². The second kappa shape index (κ2) is 5.85. The van der Waals surface area contributed by atoms with Crippen LogP contribution in [0.3, 0.4) is 0 Å². The zero-order valence-corrected chi connectivity index (χ0v) is 13.2. The van der Waals surface area contributed by atoms with Crippen LogP contribution >= 0.6 is 0 Å². The van der Waals surface area contributed by atoms with Crippen molar-refractivity contribution in [1.29, 1.82) is 0 Å². The van der Waals surface area contributed by atoms with Crippen molar-refractivity contribution in [3.63, 3.8) is 0 Å². The van der Waals surface area contributed by atoms with Crippen LogP contribution < -0.4 is 4.90 Å². The number of carboxylic acids is 1. The van der Waals surface area contributed by atoms with Gasteiger partial charge >= 0.3 is 5.97 Å². The van der Waals surface area contributed by atoms with Gasteiger partial charge in [0.25, 0.3) is 0 Å². The fourth-order valence-electron chi connectivity index (χ4n) is 3.08. The molecule has 1 saturated carbocycles. The molecule has 124 valence electrons. The van der Waals surface area contributed by atoms with Gasteiger partial charge in [0.15, 0.2) is 0 Å².